The van der Waals surface area contributed by atoms with Gasteiger partial charge in [-0.3, -0.25) is 4.90 Å². The summed E-state index contributed by atoms with van der Waals surface area (Å²) in [7, 11) is 1.58. The molecular weight excluding hydrogens is 406 g/mol. The van der Waals surface area contributed by atoms with Crippen LogP contribution in [0.15, 0.2) is 41.1 Å². The SMILES string of the molecule is CCOC(=O)[C@@H]1OC(c2ccc(OC)cc2)N(C(=O)OC(C)(C)C)[C@H]1c1ccsc1. The average Bonchev–Trinajstić information content (AvgIpc) is 3.34. The van der Waals surface area contributed by atoms with Crippen LogP contribution in [0.2, 0.25) is 0 Å². The summed E-state index contributed by atoms with van der Waals surface area (Å²) in [4.78, 5) is 27.5. The topological polar surface area (TPSA) is 74.3 Å². The Morgan fingerprint density at radius 1 is 1.13 bits per heavy atom. The van der Waals surface area contributed by atoms with Crippen molar-refractivity contribution in [3.05, 3.63) is 52.2 Å². The molecule has 1 amide bonds. The van der Waals surface area contributed by atoms with Crippen LogP contribution < -0.4 is 4.74 Å². The van der Waals surface area contributed by atoms with Crippen molar-refractivity contribution in [2.75, 3.05) is 13.7 Å². The maximum absolute atomic E-state index is 13.2. The molecule has 0 bridgehead atoms. The van der Waals surface area contributed by atoms with E-state index in [4.69, 9.17) is 18.9 Å². The third-order valence-electron chi connectivity index (χ3n) is 4.52. The summed E-state index contributed by atoms with van der Waals surface area (Å²) in [6.07, 6.45) is -2.35. The predicted octanol–water partition coefficient (Wildman–Crippen LogP) is 4.70. The monoisotopic (exact) mass is 433 g/mol. The summed E-state index contributed by atoms with van der Waals surface area (Å²) in [6, 6.07) is 8.38. The van der Waals surface area contributed by atoms with E-state index >= 15 is 0 Å². The summed E-state index contributed by atoms with van der Waals surface area (Å²) < 4.78 is 22.3. The molecule has 3 rings (SSSR count). The molecule has 1 saturated heterocycles. The molecule has 0 radical (unpaired) electrons. The van der Waals surface area contributed by atoms with E-state index in [1.165, 1.54) is 16.2 Å². The summed E-state index contributed by atoms with van der Waals surface area (Å²) >= 11 is 1.48. The van der Waals surface area contributed by atoms with Gasteiger partial charge in [0.2, 0.25) is 0 Å². The molecule has 1 aliphatic rings. The zero-order valence-corrected chi connectivity index (χ0v) is 18.6. The summed E-state index contributed by atoms with van der Waals surface area (Å²) in [5.74, 6) is 0.162. The third-order valence-corrected chi connectivity index (χ3v) is 5.22. The zero-order valence-electron chi connectivity index (χ0n) is 17.8. The highest BCUT2D eigenvalue weighted by atomic mass is 32.1. The van der Waals surface area contributed by atoms with Crippen molar-refractivity contribution in [2.24, 2.45) is 0 Å². The molecule has 0 aliphatic carbocycles. The van der Waals surface area contributed by atoms with Gasteiger partial charge in [0.05, 0.1) is 13.7 Å². The van der Waals surface area contributed by atoms with Crippen molar-refractivity contribution in [2.45, 2.75) is 51.7 Å². The highest BCUT2D eigenvalue weighted by Gasteiger charge is 2.51. The lowest BCUT2D eigenvalue weighted by Gasteiger charge is -2.31. The van der Waals surface area contributed by atoms with Crippen LogP contribution in [0.5, 0.6) is 5.75 Å². The number of amides is 1. The van der Waals surface area contributed by atoms with Gasteiger partial charge in [0.25, 0.3) is 0 Å². The minimum absolute atomic E-state index is 0.217. The number of methoxy groups -OCH3 is 1. The fourth-order valence-corrected chi connectivity index (χ4v) is 3.98. The lowest BCUT2D eigenvalue weighted by atomic mass is 10.0. The molecular formula is C22H27NO6S. The van der Waals surface area contributed by atoms with E-state index in [0.29, 0.717) is 11.3 Å². The number of benzene rings is 1. The molecule has 30 heavy (non-hydrogen) atoms. The third kappa shape index (κ3) is 4.76. The fraction of sp³-hybridized carbons (Fsp3) is 0.455. The molecule has 1 unspecified atom stereocenters. The molecule has 1 aromatic carbocycles. The van der Waals surface area contributed by atoms with Gasteiger partial charge in [0.1, 0.15) is 17.4 Å². The van der Waals surface area contributed by atoms with Crippen LogP contribution in [-0.2, 0) is 19.0 Å². The van der Waals surface area contributed by atoms with Crippen molar-refractivity contribution in [1.29, 1.82) is 0 Å². The van der Waals surface area contributed by atoms with E-state index in [1.807, 2.05) is 16.8 Å². The first-order valence-electron chi connectivity index (χ1n) is 9.74. The number of hydrogen-bond donors (Lipinski definition) is 0. The summed E-state index contributed by atoms with van der Waals surface area (Å²) in [5, 5.41) is 3.79. The Morgan fingerprint density at radius 2 is 1.83 bits per heavy atom. The maximum Gasteiger partial charge on any atom is 0.413 e. The number of esters is 1. The Balaban J connectivity index is 2.06. The molecule has 1 aromatic heterocycles. The first-order chi connectivity index (χ1) is 14.2. The fourth-order valence-electron chi connectivity index (χ4n) is 3.29. The van der Waals surface area contributed by atoms with Crippen molar-refractivity contribution >= 4 is 23.4 Å². The Bertz CT molecular complexity index is 859. The van der Waals surface area contributed by atoms with E-state index in [9.17, 15) is 9.59 Å². The number of ether oxygens (including phenoxy) is 4. The van der Waals surface area contributed by atoms with Gasteiger partial charge in [-0.05, 0) is 62.2 Å². The highest BCUT2D eigenvalue weighted by Crippen LogP contribution is 2.45. The number of carbonyl (C=O) groups excluding carboxylic acids is 2. The van der Waals surface area contributed by atoms with E-state index in [2.05, 4.69) is 0 Å². The van der Waals surface area contributed by atoms with Crippen LogP contribution in [0.3, 0.4) is 0 Å². The van der Waals surface area contributed by atoms with Gasteiger partial charge in [-0.2, -0.15) is 11.3 Å². The molecule has 1 fully saturated rings. The van der Waals surface area contributed by atoms with Crippen LogP contribution >= 0.6 is 11.3 Å². The smallest absolute Gasteiger partial charge is 0.413 e. The van der Waals surface area contributed by atoms with E-state index < -0.39 is 36.0 Å². The van der Waals surface area contributed by atoms with Crippen molar-refractivity contribution in [1.82, 2.24) is 4.90 Å². The minimum atomic E-state index is -0.973. The number of nitrogens with zero attached hydrogens (tertiary/aromatic N) is 1. The Kier molecular flexibility index (Phi) is 6.67. The second-order valence-corrected chi connectivity index (χ2v) is 8.60. The van der Waals surface area contributed by atoms with Gasteiger partial charge < -0.3 is 18.9 Å². The second kappa shape index (κ2) is 9.06. The number of hydrogen-bond acceptors (Lipinski definition) is 7. The lowest BCUT2D eigenvalue weighted by molar-refractivity contribution is -0.156. The highest BCUT2D eigenvalue weighted by molar-refractivity contribution is 7.08. The maximum atomic E-state index is 13.2. The van der Waals surface area contributed by atoms with Crippen LogP contribution in [0.1, 0.15) is 51.1 Å². The quantitative estimate of drug-likeness (QED) is 0.637. The van der Waals surface area contributed by atoms with Crippen molar-refractivity contribution < 1.29 is 28.5 Å². The molecule has 7 nitrogen and oxygen atoms in total. The summed E-state index contributed by atoms with van der Waals surface area (Å²) in [5.41, 5.74) is 0.788. The Hall–Kier alpha value is -2.58. The first-order valence-corrected chi connectivity index (χ1v) is 10.7. The molecule has 3 atom stereocenters. The molecule has 1 aliphatic heterocycles. The van der Waals surface area contributed by atoms with Gasteiger partial charge in [-0.15, -0.1) is 0 Å². The Morgan fingerprint density at radius 3 is 2.37 bits per heavy atom. The second-order valence-electron chi connectivity index (χ2n) is 7.82. The van der Waals surface area contributed by atoms with Crippen LogP contribution in [-0.4, -0.2) is 42.4 Å². The summed E-state index contributed by atoms with van der Waals surface area (Å²) in [6.45, 7) is 7.35. The number of carbonyl (C=O) groups is 2. The molecule has 162 valence electrons. The molecule has 0 N–H and O–H groups in total. The molecule has 2 aromatic rings. The number of rotatable bonds is 5. The normalized spacial score (nSPS) is 21.4. The molecule has 2 heterocycles. The van der Waals surface area contributed by atoms with Gasteiger partial charge in [-0.25, -0.2) is 9.59 Å². The van der Waals surface area contributed by atoms with Crippen molar-refractivity contribution in [3.63, 3.8) is 0 Å². The lowest BCUT2D eigenvalue weighted by Crippen LogP contribution is -2.40. The standard InChI is InChI=1S/C22H27NO6S/c1-6-27-20(24)18-17(15-11-12-30-13-15)23(21(25)29-22(2,3)4)19(28-18)14-7-9-16(26-5)10-8-14/h7-13,17-19H,6H2,1-5H3/t17-,18+,19?/m0/s1. The molecule has 0 saturated carbocycles. The van der Waals surface area contributed by atoms with E-state index in [1.54, 1.807) is 59.1 Å². The van der Waals surface area contributed by atoms with Gasteiger partial charge in [0.15, 0.2) is 12.3 Å². The Labute approximate surface area is 180 Å². The van der Waals surface area contributed by atoms with Gasteiger partial charge >= 0.3 is 12.1 Å². The average molecular weight is 434 g/mol. The van der Waals surface area contributed by atoms with E-state index in [0.717, 1.165) is 5.56 Å². The minimum Gasteiger partial charge on any atom is -0.497 e. The van der Waals surface area contributed by atoms with Crippen molar-refractivity contribution in [3.8, 4) is 5.75 Å². The van der Waals surface area contributed by atoms with Crippen LogP contribution in [0.25, 0.3) is 0 Å². The van der Waals surface area contributed by atoms with E-state index in [-0.39, 0.29) is 6.61 Å². The first kappa shape index (κ1) is 22.1. The molecule has 0 spiro atoms. The van der Waals surface area contributed by atoms with Gasteiger partial charge in [0, 0.05) is 5.56 Å². The van der Waals surface area contributed by atoms with Crippen LogP contribution in [0.4, 0.5) is 4.79 Å². The molecule has 8 heteroatoms. The predicted molar refractivity (Wildman–Crippen MR) is 112 cm³/mol. The zero-order chi connectivity index (χ0) is 21.9. The van der Waals surface area contributed by atoms with Gasteiger partial charge in [-0.1, -0.05) is 12.1 Å². The van der Waals surface area contributed by atoms with Crippen LogP contribution in [0, 0.1) is 0 Å². The largest absolute Gasteiger partial charge is 0.497 e. The number of thiophene rings is 1.